The monoisotopic (exact) mass is 325 g/mol. The lowest BCUT2D eigenvalue weighted by molar-refractivity contribution is -0.112. The van der Waals surface area contributed by atoms with E-state index >= 15 is 0 Å². The van der Waals surface area contributed by atoms with Gasteiger partial charge in [0.15, 0.2) is 0 Å². The molecule has 4 nitrogen and oxygen atoms in total. The Morgan fingerprint density at radius 3 is 2.50 bits per heavy atom. The van der Waals surface area contributed by atoms with Gasteiger partial charge in [0.25, 0.3) is 5.91 Å². The summed E-state index contributed by atoms with van der Waals surface area (Å²) in [6.07, 6.45) is 8.77. The first kappa shape index (κ1) is 18.1. The van der Waals surface area contributed by atoms with Gasteiger partial charge in [-0.05, 0) is 30.4 Å². The van der Waals surface area contributed by atoms with Gasteiger partial charge >= 0.3 is 0 Å². The number of nitrogens with one attached hydrogen (secondary N) is 2. The minimum absolute atomic E-state index is 0.123. The van der Waals surface area contributed by atoms with Crippen molar-refractivity contribution in [2.75, 3.05) is 5.32 Å². The standard InChI is InChI=1S/C20H27N3O/c1-15(2)18-11-7-8-12-19(18)23-20(24)16(13-21)14-22-17-9-5-3-4-6-10-17/h7-8,11-12,14-15,17,22H,3-6,9-10H2,1-2H3,(H,23,24)/b16-14-. The van der Waals surface area contributed by atoms with E-state index < -0.39 is 0 Å². The summed E-state index contributed by atoms with van der Waals surface area (Å²) < 4.78 is 0. The summed E-state index contributed by atoms with van der Waals surface area (Å²) in [5.74, 6) is -0.0492. The smallest absolute Gasteiger partial charge is 0.267 e. The maximum atomic E-state index is 12.4. The summed E-state index contributed by atoms with van der Waals surface area (Å²) in [6.45, 7) is 4.17. The molecule has 0 aromatic heterocycles. The summed E-state index contributed by atoms with van der Waals surface area (Å²) in [5, 5.41) is 15.5. The Balaban J connectivity index is 2.03. The molecule has 0 saturated heterocycles. The van der Waals surface area contributed by atoms with Crippen LogP contribution in [0, 0.1) is 11.3 Å². The molecule has 1 fully saturated rings. The third-order valence-corrected chi connectivity index (χ3v) is 4.51. The minimum atomic E-state index is -0.355. The van der Waals surface area contributed by atoms with E-state index in [1.54, 1.807) is 6.20 Å². The molecule has 1 aliphatic carbocycles. The van der Waals surface area contributed by atoms with Crippen molar-refractivity contribution < 1.29 is 4.79 Å². The van der Waals surface area contributed by atoms with Crippen LogP contribution >= 0.6 is 0 Å². The average Bonchev–Trinajstić information content (AvgIpc) is 2.84. The third kappa shape index (κ3) is 5.13. The van der Waals surface area contributed by atoms with Gasteiger partial charge in [-0.2, -0.15) is 5.26 Å². The third-order valence-electron chi connectivity index (χ3n) is 4.51. The van der Waals surface area contributed by atoms with E-state index in [0.29, 0.717) is 12.0 Å². The second-order valence-corrected chi connectivity index (χ2v) is 6.72. The number of benzene rings is 1. The van der Waals surface area contributed by atoms with Crippen LogP contribution in [-0.4, -0.2) is 11.9 Å². The van der Waals surface area contributed by atoms with E-state index in [0.717, 1.165) is 24.1 Å². The van der Waals surface area contributed by atoms with Gasteiger partial charge in [0.05, 0.1) is 0 Å². The van der Waals surface area contributed by atoms with Crippen LogP contribution in [0.2, 0.25) is 0 Å². The van der Waals surface area contributed by atoms with E-state index in [2.05, 4.69) is 24.5 Å². The van der Waals surface area contributed by atoms with Crippen LogP contribution in [0.15, 0.2) is 36.0 Å². The first-order valence-corrected chi connectivity index (χ1v) is 8.88. The zero-order chi connectivity index (χ0) is 17.4. The number of carbonyl (C=O) groups excluding carboxylic acids is 1. The predicted molar refractivity (Wildman–Crippen MR) is 97.5 cm³/mol. The van der Waals surface area contributed by atoms with Crippen molar-refractivity contribution in [2.24, 2.45) is 0 Å². The molecule has 0 atom stereocenters. The Bertz CT molecular complexity index is 620. The molecule has 0 spiro atoms. The van der Waals surface area contributed by atoms with Crippen molar-refractivity contribution in [3.63, 3.8) is 0 Å². The van der Waals surface area contributed by atoms with Crippen molar-refractivity contribution in [1.29, 1.82) is 5.26 Å². The van der Waals surface area contributed by atoms with Crippen molar-refractivity contribution in [2.45, 2.75) is 64.3 Å². The number of nitriles is 1. The van der Waals surface area contributed by atoms with Crippen LogP contribution in [0.25, 0.3) is 0 Å². The van der Waals surface area contributed by atoms with Crippen LogP contribution in [0.1, 0.15) is 63.9 Å². The fraction of sp³-hybridized carbons (Fsp3) is 0.500. The van der Waals surface area contributed by atoms with Crippen molar-refractivity contribution in [3.8, 4) is 6.07 Å². The SMILES string of the molecule is CC(C)c1ccccc1NC(=O)/C(C#N)=C\NC1CCCCCC1. The van der Waals surface area contributed by atoms with E-state index in [4.69, 9.17) is 0 Å². The summed E-state index contributed by atoms with van der Waals surface area (Å²) >= 11 is 0. The molecule has 1 aliphatic rings. The van der Waals surface area contributed by atoms with Crippen LogP contribution in [0.5, 0.6) is 0 Å². The lowest BCUT2D eigenvalue weighted by atomic mass is 10.0. The van der Waals surface area contributed by atoms with E-state index in [9.17, 15) is 10.1 Å². The predicted octanol–water partition coefficient (Wildman–Crippen LogP) is 4.47. The first-order chi connectivity index (χ1) is 11.6. The summed E-state index contributed by atoms with van der Waals surface area (Å²) in [6, 6.07) is 10.1. The van der Waals surface area contributed by atoms with E-state index in [1.165, 1.54) is 25.7 Å². The highest BCUT2D eigenvalue weighted by Gasteiger charge is 2.15. The van der Waals surface area contributed by atoms with Crippen LogP contribution in [0.4, 0.5) is 5.69 Å². The van der Waals surface area contributed by atoms with Gasteiger partial charge in [-0.15, -0.1) is 0 Å². The number of carbonyl (C=O) groups is 1. The number of para-hydroxylation sites is 1. The Morgan fingerprint density at radius 1 is 1.21 bits per heavy atom. The molecule has 2 N–H and O–H groups in total. The molecule has 1 aromatic carbocycles. The fourth-order valence-electron chi connectivity index (χ4n) is 3.10. The Labute approximate surface area is 144 Å². The zero-order valence-electron chi connectivity index (χ0n) is 14.6. The molecule has 0 bridgehead atoms. The van der Waals surface area contributed by atoms with Crippen molar-refractivity contribution >= 4 is 11.6 Å². The molecular formula is C20H27N3O. The van der Waals surface area contributed by atoms with Gasteiger partial charge in [0.2, 0.25) is 0 Å². The highest BCUT2D eigenvalue weighted by Crippen LogP contribution is 2.24. The van der Waals surface area contributed by atoms with Crippen LogP contribution in [-0.2, 0) is 4.79 Å². The number of hydrogen-bond donors (Lipinski definition) is 2. The summed E-state index contributed by atoms with van der Waals surface area (Å²) in [4.78, 5) is 12.4. The normalized spacial score (nSPS) is 16.3. The number of hydrogen-bond acceptors (Lipinski definition) is 3. The maximum Gasteiger partial charge on any atom is 0.267 e. The van der Waals surface area contributed by atoms with E-state index in [-0.39, 0.29) is 11.5 Å². The Hall–Kier alpha value is -2.28. The minimum Gasteiger partial charge on any atom is -0.387 e. The zero-order valence-corrected chi connectivity index (χ0v) is 14.6. The van der Waals surface area contributed by atoms with E-state index in [1.807, 2.05) is 30.3 Å². The second kappa shape index (κ2) is 9.12. The van der Waals surface area contributed by atoms with Crippen molar-refractivity contribution in [1.82, 2.24) is 5.32 Å². The Kier molecular flexibility index (Phi) is 6.87. The summed E-state index contributed by atoms with van der Waals surface area (Å²) in [5.41, 5.74) is 1.96. The molecule has 0 radical (unpaired) electrons. The number of rotatable bonds is 5. The van der Waals surface area contributed by atoms with Crippen LogP contribution in [0.3, 0.4) is 0 Å². The largest absolute Gasteiger partial charge is 0.387 e. The molecule has 1 aromatic rings. The Morgan fingerprint density at radius 2 is 1.88 bits per heavy atom. The highest BCUT2D eigenvalue weighted by atomic mass is 16.1. The van der Waals surface area contributed by atoms with Gasteiger partial charge in [0.1, 0.15) is 11.6 Å². The maximum absolute atomic E-state index is 12.4. The van der Waals surface area contributed by atoms with Gasteiger partial charge in [-0.1, -0.05) is 57.7 Å². The summed E-state index contributed by atoms with van der Waals surface area (Å²) in [7, 11) is 0. The van der Waals surface area contributed by atoms with Gasteiger partial charge in [-0.3, -0.25) is 4.79 Å². The lowest BCUT2D eigenvalue weighted by Gasteiger charge is -2.15. The first-order valence-electron chi connectivity index (χ1n) is 8.88. The molecule has 0 heterocycles. The quantitative estimate of drug-likeness (QED) is 0.477. The molecule has 1 saturated carbocycles. The topological polar surface area (TPSA) is 64.9 Å². The molecule has 4 heteroatoms. The number of amides is 1. The fourth-order valence-corrected chi connectivity index (χ4v) is 3.10. The number of anilines is 1. The molecule has 0 aliphatic heterocycles. The van der Waals surface area contributed by atoms with Gasteiger partial charge < -0.3 is 10.6 Å². The molecule has 24 heavy (non-hydrogen) atoms. The molecule has 2 rings (SSSR count). The second-order valence-electron chi connectivity index (χ2n) is 6.72. The van der Waals surface area contributed by atoms with Gasteiger partial charge in [-0.25, -0.2) is 0 Å². The van der Waals surface area contributed by atoms with Crippen LogP contribution < -0.4 is 10.6 Å². The average molecular weight is 325 g/mol. The highest BCUT2D eigenvalue weighted by molar-refractivity contribution is 6.06. The molecular weight excluding hydrogens is 298 g/mol. The molecule has 128 valence electrons. The van der Waals surface area contributed by atoms with Crippen molar-refractivity contribution in [3.05, 3.63) is 41.6 Å². The van der Waals surface area contributed by atoms with Gasteiger partial charge in [0, 0.05) is 17.9 Å². The molecule has 0 unspecified atom stereocenters. The lowest BCUT2D eigenvalue weighted by Crippen LogP contribution is -2.25. The number of nitrogens with zero attached hydrogens (tertiary/aromatic N) is 1. The molecule has 1 amide bonds.